The summed E-state index contributed by atoms with van der Waals surface area (Å²) in [5.74, 6) is 0. The van der Waals surface area contributed by atoms with E-state index in [1.165, 1.54) is 5.56 Å². The molecule has 0 aliphatic heterocycles. The SMILES string of the molecule is CCO[Si](OC)(OC)c1ccc(C)cc1. The van der Waals surface area contributed by atoms with Crippen molar-refractivity contribution in [2.75, 3.05) is 20.8 Å². The Hall–Kier alpha value is -0.683. The molecule has 3 nitrogen and oxygen atoms in total. The Bertz CT molecular complexity index is 293. The molecule has 0 aliphatic rings. The van der Waals surface area contributed by atoms with Crippen molar-refractivity contribution in [2.45, 2.75) is 13.8 Å². The smallest absolute Gasteiger partial charge is 0.373 e. The first kappa shape index (κ1) is 12.4. The minimum atomic E-state index is -2.64. The fraction of sp³-hybridized carbons (Fsp3) is 0.455. The molecule has 0 bridgehead atoms. The molecule has 0 saturated carbocycles. The molecule has 0 radical (unpaired) electrons. The predicted molar refractivity (Wildman–Crippen MR) is 62.2 cm³/mol. The van der Waals surface area contributed by atoms with E-state index in [1.807, 2.05) is 38.1 Å². The van der Waals surface area contributed by atoms with Crippen LogP contribution in [0, 0.1) is 6.92 Å². The van der Waals surface area contributed by atoms with Crippen LogP contribution < -0.4 is 5.19 Å². The minimum Gasteiger partial charge on any atom is -0.373 e. The quantitative estimate of drug-likeness (QED) is 0.712. The molecule has 1 rings (SSSR count). The largest absolute Gasteiger partial charge is 0.536 e. The number of benzene rings is 1. The van der Waals surface area contributed by atoms with E-state index < -0.39 is 8.80 Å². The average Bonchev–Trinajstić information content (AvgIpc) is 2.27. The molecule has 0 spiro atoms. The van der Waals surface area contributed by atoms with Crippen molar-refractivity contribution in [1.29, 1.82) is 0 Å². The molecule has 0 saturated heterocycles. The molecule has 0 amide bonds. The zero-order valence-electron chi connectivity index (χ0n) is 9.74. The molecule has 84 valence electrons. The molecule has 1 aromatic carbocycles. The molecule has 0 N–H and O–H groups in total. The third-order valence-corrected chi connectivity index (χ3v) is 5.06. The van der Waals surface area contributed by atoms with Gasteiger partial charge in [0.1, 0.15) is 0 Å². The number of hydrogen-bond donors (Lipinski definition) is 0. The van der Waals surface area contributed by atoms with Crippen LogP contribution in [0.4, 0.5) is 0 Å². The normalized spacial score (nSPS) is 11.7. The summed E-state index contributed by atoms with van der Waals surface area (Å²) >= 11 is 0. The van der Waals surface area contributed by atoms with Gasteiger partial charge in [0.2, 0.25) is 0 Å². The molecule has 0 heterocycles. The standard InChI is InChI=1S/C11H18O3Si/c1-5-14-15(12-3,13-4)11-8-6-10(2)7-9-11/h6-9H,5H2,1-4H3. The maximum absolute atomic E-state index is 5.65. The number of rotatable bonds is 5. The molecule has 0 unspecified atom stereocenters. The van der Waals surface area contributed by atoms with Crippen LogP contribution in [0.25, 0.3) is 0 Å². The van der Waals surface area contributed by atoms with E-state index in [0.717, 1.165) is 5.19 Å². The third kappa shape index (κ3) is 2.66. The van der Waals surface area contributed by atoms with Gasteiger partial charge in [0, 0.05) is 26.0 Å². The summed E-state index contributed by atoms with van der Waals surface area (Å²) in [6.45, 7) is 4.57. The second kappa shape index (κ2) is 5.41. The monoisotopic (exact) mass is 226 g/mol. The van der Waals surface area contributed by atoms with Gasteiger partial charge in [-0.25, -0.2) is 0 Å². The Morgan fingerprint density at radius 3 is 2.00 bits per heavy atom. The highest BCUT2D eigenvalue weighted by atomic mass is 28.4. The van der Waals surface area contributed by atoms with Crippen molar-refractivity contribution in [3.63, 3.8) is 0 Å². The van der Waals surface area contributed by atoms with Crippen molar-refractivity contribution >= 4 is 14.0 Å². The molecule has 0 fully saturated rings. The number of hydrogen-bond acceptors (Lipinski definition) is 3. The van der Waals surface area contributed by atoms with E-state index in [0.29, 0.717) is 6.61 Å². The van der Waals surface area contributed by atoms with E-state index in [9.17, 15) is 0 Å². The van der Waals surface area contributed by atoms with Gasteiger partial charge in [-0.2, -0.15) is 0 Å². The predicted octanol–water partition coefficient (Wildman–Crippen LogP) is 1.47. The van der Waals surface area contributed by atoms with Gasteiger partial charge in [-0.1, -0.05) is 29.8 Å². The van der Waals surface area contributed by atoms with Crippen molar-refractivity contribution < 1.29 is 13.3 Å². The van der Waals surface area contributed by atoms with E-state index in [-0.39, 0.29) is 0 Å². The molecule has 0 atom stereocenters. The third-order valence-electron chi connectivity index (χ3n) is 2.28. The van der Waals surface area contributed by atoms with E-state index >= 15 is 0 Å². The zero-order valence-corrected chi connectivity index (χ0v) is 10.7. The first-order chi connectivity index (χ1) is 7.18. The van der Waals surface area contributed by atoms with Gasteiger partial charge in [0.05, 0.1) is 0 Å². The van der Waals surface area contributed by atoms with Gasteiger partial charge in [-0.05, 0) is 13.8 Å². The Morgan fingerprint density at radius 2 is 1.60 bits per heavy atom. The van der Waals surface area contributed by atoms with Gasteiger partial charge in [-0.15, -0.1) is 0 Å². The molecule has 0 aromatic heterocycles. The van der Waals surface area contributed by atoms with Gasteiger partial charge in [0.15, 0.2) is 0 Å². The second-order valence-electron chi connectivity index (χ2n) is 3.26. The summed E-state index contributed by atoms with van der Waals surface area (Å²) < 4.78 is 16.5. The highest BCUT2D eigenvalue weighted by Gasteiger charge is 2.41. The fourth-order valence-corrected chi connectivity index (χ4v) is 3.46. The summed E-state index contributed by atoms with van der Waals surface area (Å²) in [5, 5.41) is 1.000. The second-order valence-corrected chi connectivity index (χ2v) is 6.06. The summed E-state index contributed by atoms with van der Waals surface area (Å²) in [6.07, 6.45) is 0. The zero-order chi connectivity index (χ0) is 11.3. The highest BCUT2D eigenvalue weighted by molar-refractivity contribution is 6.75. The number of aryl methyl sites for hydroxylation is 1. The lowest BCUT2D eigenvalue weighted by Gasteiger charge is -2.25. The van der Waals surface area contributed by atoms with Gasteiger partial charge in [0.25, 0.3) is 0 Å². The molecule has 0 aliphatic carbocycles. The molecule has 1 aromatic rings. The summed E-state index contributed by atoms with van der Waals surface area (Å²) in [6, 6.07) is 8.08. The summed E-state index contributed by atoms with van der Waals surface area (Å²) in [4.78, 5) is 0. The van der Waals surface area contributed by atoms with Crippen LogP contribution in [0.3, 0.4) is 0 Å². The van der Waals surface area contributed by atoms with Gasteiger partial charge < -0.3 is 13.3 Å². The minimum absolute atomic E-state index is 0.585. The van der Waals surface area contributed by atoms with E-state index in [1.54, 1.807) is 14.2 Å². The summed E-state index contributed by atoms with van der Waals surface area (Å²) in [5.41, 5.74) is 1.21. The lowest BCUT2D eigenvalue weighted by atomic mass is 10.2. The van der Waals surface area contributed by atoms with Crippen LogP contribution in [-0.4, -0.2) is 29.6 Å². The maximum Gasteiger partial charge on any atom is 0.536 e. The van der Waals surface area contributed by atoms with Crippen LogP contribution in [-0.2, 0) is 13.3 Å². The van der Waals surface area contributed by atoms with E-state index in [2.05, 4.69) is 0 Å². The Labute approximate surface area is 92.3 Å². The molecule has 4 heteroatoms. The lowest BCUT2D eigenvalue weighted by Crippen LogP contribution is -2.55. The topological polar surface area (TPSA) is 27.7 Å². The molecular formula is C11H18O3Si. The van der Waals surface area contributed by atoms with Crippen LogP contribution in [0.15, 0.2) is 24.3 Å². The van der Waals surface area contributed by atoms with Crippen LogP contribution in [0.1, 0.15) is 12.5 Å². The van der Waals surface area contributed by atoms with Crippen molar-refractivity contribution in [2.24, 2.45) is 0 Å². The fourth-order valence-electron chi connectivity index (χ4n) is 1.47. The summed E-state index contributed by atoms with van der Waals surface area (Å²) in [7, 11) is 0.618. The maximum atomic E-state index is 5.65. The van der Waals surface area contributed by atoms with Crippen molar-refractivity contribution in [3.05, 3.63) is 29.8 Å². The van der Waals surface area contributed by atoms with Crippen LogP contribution >= 0.6 is 0 Å². The highest BCUT2D eigenvalue weighted by Crippen LogP contribution is 2.08. The first-order valence-electron chi connectivity index (χ1n) is 5.00. The average molecular weight is 226 g/mol. The van der Waals surface area contributed by atoms with Gasteiger partial charge in [-0.3, -0.25) is 0 Å². The Balaban J connectivity index is 3.02. The molecule has 15 heavy (non-hydrogen) atoms. The van der Waals surface area contributed by atoms with Gasteiger partial charge >= 0.3 is 8.80 Å². The van der Waals surface area contributed by atoms with Crippen LogP contribution in [0.5, 0.6) is 0 Å². The van der Waals surface area contributed by atoms with Crippen molar-refractivity contribution in [1.82, 2.24) is 0 Å². The molecular weight excluding hydrogens is 208 g/mol. The van der Waals surface area contributed by atoms with Crippen LogP contribution in [0.2, 0.25) is 0 Å². The van der Waals surface area contributed by atoms with E-state index in [4.69, 9.17) is 13.3 Å². The van der Waals surface area contributed by atoms with Crippen molar-refractivity contribution in [3.8, 4) is 0 Å². The lowest BCUT2D eigenvalue weighted by molar-refractivity contribution is 0.120. The first-order valence-corrected chi connectivity index (χ1v) is 6.72. The Kier molecular flexibility index (Phi) is 4.47. The Morgan fingerprint density at radius 1 is 1.07 bits per heavy atom.